The van der Waals surface area contributed by atoms with E-state index in [0.717, 1.165) is 11.5 Å². The fourth-order valence-corrected chi connectivity index (χ4v) is 6.26. The van der Waals surface area contributed by atoms with Crippen molar-refractivity contribution in [2.45, 2.75) is 10.7 Å². The van der Waals surface area contributed by atoms with Crippen molar-refractivity contribution >= 4 is 46.0 Å². The van der Waals surface area contributed by atoms with Crippen molar-refractivity contribution in [3.63, 3.8) is 0 Å². The molecule has 1 amide bonds. The third-order valence-corrected chi connectivity index (χ3v) is 6.93. The summed E-state index contributed by atoms with van der Waals surface area (Å²) in [5.74, 6) is 2.31. The number of carbonyl (C=O) groups excluding carboxylic acids is 1. The fourth-order valence-electron chi connectivity index (χ4n) is 2.56. The first-order chi connectivity index (χ1) is 8.65. The fraction of sp³-hybridized carbons (Fsp3) is 0.385. The molecule has 0 saturated carbocycles. The van der Waals surface area contributed by atoms with Crippen LogP contribution < -0.4 is 0 Å². The number of hydrogen-bond acceptors (Lipinski definition) is 4. The molecule has 18 heavy (non-hydrogen) atoms. The van der Waals surface area contributed by atoms with Gasteiger partial charge >= 0.3 is 0 Å². The minimum Gasteiger partial charge on any atom is -0.300 e. The average Bonchev–Trinajstić information content (AvgIpc) is 2.90. The predicted octanol–water partition coefficient (Wildman–Crippen LogP) is 2.75. The van der Waals surface area contributed by atoms with Crippen LogP contribution in [0.1, 0.15) is 11.5 Å². The highest BCUT2D eigenvalue weighted by Gasteiger charge is 2.57. The Bertz CT molecular complexity index is 504. The molecule has 0 radical (unpaired) electrons. The van der Waals surface area contributed by atoms with Crippen molar-refractivity contribution in [2.24, 2.45) is 0 Å². The van der Waals surface area contributed by atoms with Crippen LogP contribution in [0.15, 0.2) is 30.3 Å². The second kappa shape index (κ2) is 4.54. The van der Waals surface area contributed by atoms with Crippen LogP contribution in [0.3, 0.4) is 0 Å². The van der Waals surface area contributed by atoms with Gasteiger partial charge in [0.15, 0.2) is 0 Å². The number of thioether (sulfide) groups is 2. The molecule has 2 aliphatic rings. The minimum absolute atomic E-state index is 0.177. The third kappa shape index (κ3) is 1.72. The van der Waals surface area contributed by atoms with Gasteiger partial charge in [-0.25, -0.2) is 0 Å². The van der Waals surface area contributed by atoms with Crippen molar-refractivity contribution < 1.29 is 4.79 Å². The van der Waals surface area contributed by atoms with Gasteiger partial charge in [-0.1, -0.05) is 54.3 Å². The number of benzene rings is 1. The Labute approximate surface area is 121 Å². The summed E-state index contributed by atoms with van der Waals surface area (Å²) in [6.45, 7) is 0. The lowest BCUT2D eigenvalue weighted by Gasteiger charge is -2.26. The van der Waals surface area contributed by atoms with Gasteiger partial charge in [0.05, 0.1) is 0 Å². The Morgan fingerprint density at radius 2 is 2.11 bits per heavy atom. The van der Waals surface area contributed by atoms with E-state index in [2.05, 4.69) is 12.1 Å². The SMILES string of the molecule is CN1C(=O)[C@]2(CSC[C@@H]2c2ccccc2)SC1=S. The number of rotatable bonds is 1. The second-order valence-corrected chi connectivity index (χ2v) is 7.59. The van der Waals surface area contributed by atoms with Gasteiger partial charge in [-0.15, -0.1) is 0 Å². The first-order valence-corrected chi connectivity index (χ1v) is 8.17. The van der Waals surface area contributed by atoms with Gasteiger partial charge in [-0.05, 0) is 5.56 Å². The number of carbonyl (C=O) groups is 1. The molecule has 1 aromatic carbocycles. The van der Waals surface area contributed by atoms with Gasteiger partial charge in [0.25, 0.3) is 0 Å². The molecule has 1 aromatic rings. The van der Waals surface area contributed by atoms with E-state index in [1.54, 1.807) is 23.7 Å². The first kappa shape index (κ1) is 12.5. The summed E-state index contributed by atoms with van der Waals surface area (Å²) >= 11 is 8.72. The number of thiocarbonyl (C=S) groups is 1. The highest BCUT2D eigenvalue weighted by Crippen LogP contribution is 2.53. The Morgan fingerprint density at radius 3 is 2.72 bits per heavy atom. The molecule has 2 heterocycles. The molecule has 0 aliphatic carbocycles. The van der Waals surface area contributed by atoms with Crippen LogP contribution in [0.2, 0.25) is 0 Å². The van der Waals surface area contributed by atoms with Crippen LogP contribution in [-0.2, 0) is 4.79 Å². The molecule has 2 fully saturated rings. The molecule has 2 nitrogen and oxygen atoms in total. The molecule has 0 N–H and O–H groups in total. The van der Waals surface area contributed by atoms with Gasteiger partial charge in [-0.3, -0.25) is 9.69 Å². The van der Waals surface area contributed by atoms with E-state index in [4.69, 9.17) is 12.2 Å². The van der Waals surface area contributed by atoms with E-state index >= 15 is 0 Å². The molecular weight excluding hydrogens is 282 g/mol. The molecular formula is C13H13NOS3. The van der Waals surface area contributed by atoms with Crippen LogP contribution in [-0.4, -0.2) is 38.4 Å². The second-order valence-electron chi connectivity index (χ2n) is 4.60. The van der Waals surface area contributed by atoms with E-state index in [1.807, 2.05) is 30.0 Å². The molecule has 94 valence electrons. The van der Waals surface area contributed by atoms with E-state index in [9.17, 15) is 4.79 Å². The zero-order valence-electron chi connectivity index (χ0n) is 9.96. The highest BCUT2D eigenvalue weighted by atomic mass is 32.2. The molecule has 2 saturated heterocycles. The van der Waals surface area contributed by atoms with Crippen molar-refractivity contribution in [1.29, 1.82) is 0 Å². The maximum Gasteiger partial charge on any atom is 0.245 e. The summed E-state index contributed by atoms with van der Waals surface area (Å²) in [6, 6.07) is 10.3. The van der Waals surface area contributed by atoms with Crippen LogP contribution >= 0.6 is 35.7 Å². The zero-order valence-corrected chi connectivity index (χ0v) is 12.4. The van der Waals surface area contributed by atoms with Crippen molar-refractivity contribution in [3.8, 4) is 0 Å². The molecule has 1 spiro atoms. The normalized spacial score (nSPS) is 31.6. The summed E-state index contributed by atoms with van der Waals surface area (Å²) in [5, 5.41) is 0. The first-order valence-electron chi connectivity index (χ1n) is 5.79. The number of nitrogens with zero attached hydrogens (tertiary/aromatic N) is 1. The lowest BCUT2D eigenvalue weighted by Crippen LogP contribution is -2.42. The smallest absolute Gasteiger partial charge is 0.245 e. The van der Waals surface area contributed by atoms with Gasteiger partial charge < -0.3 is 0 Å². The van der Waals surface area contributed by atoms with Gasteiger partial charge in [0.1, 0.15) is 9.07 Å². The lowest BCUT2D eigenvalue weighted by atomic mass is 9.87. The van der Waals surface area contributed by atoms with Crippen LogP contribution in [0.5, 0.6) is 0 Å². The quantitative estimate of drug-likeness (QED) is 0.742. The van der Waals surface area contributed by atoms with E-state index in [0.29, 0.717) is 4.32 Å². The largest absolute Gasteiger partial charge is 0.300 e. The zero-order chi connectivity index (χ0) is 12.8. The van der Waals surface area contributed by atoms with Crippen LogP contribution in [0.4, 0.5) is 0 Å². The lowest BCUT2D eigenvalue weighted by molar-refractivity contribution is -0.127. The van der Waals surface area contributed by atoms with Gasteiger partial charge in [0, 0.05) is 24.5 Å². The molecule has 0 bridgehead atoms. The van der Waals surface area contributed by atoms with Gasteiger partial charge in [0.2, 0.25) is 5.91 Å². The summed E-state index contributed by atoms with van der Waals surface area (Å²) in [6.07, 6.45) is 0. The monoisotopic (exact) mass is 295 g/mol. The Morgan fingerprint density at radius 1 is 1.39 bits per heavy atom. The van der Waals surface area contributed by atoms with Crippen LogP contribution in [0, 0.1) is 0 Å². The Hall–Kier alpha value is -0.520. The third-order valence-electron chi connectivity index (χ3n) is 3.58. The highest BCUT2D eigenvalue weighted by molar-refractivity contribution is 8.25. The number of amides is 1. The average molecular weight is 295 g/mol. The standard InChI is InChI=1S/C13H13NOS3/c1-14-11(15)13(18-12(14)16)8-17-7-10(13)9-5-3-2-4-6-9/h2-6,10H,7-8H2,1H3/t10-,13-/m1/s1. The van der Waals surface area contributed by atoms with Crippen LogP contribution in [0.25, 0.3) is 0 Å². The van der Waals surface area contributed by atoms with Crippen molar-refractivity contribution in [2.75, 3.05) is 18.6 Å². The summed E-state index contributed by atoms with van der Waals surface area (Å²) in [4.78, 5) is 14.2. The van der Waals surface area contributed by atoms with Gasteiger partial charge in [-0.2, -0.15) is 11.8 Å². The molecule has 2 atom stereocenters. The molecule has 3 rings (SSSR count). The van der Waals surface area contributed by atoms with E-state index in [1.165, 1.54) is 5.56 Å². The summed E-state index contributed by atoms with van der Waals surface area (Å²) in [7, 11) is 1.79. The molecule has 2 aliphatic heterocycles. The summed E-state index contributed by atoms with van der Waals surface area (Å²) < 4.78 is 0.348. The number of hydrogen-bond donors (Lipinski definition) is 0. The maximum atomic E-state index is 12.5. The molecule has 0 aromatic heterocycles. The predicted molar refractivity (Wildman–Crippen MR) is 82.2 cm³/mol. The molecule has 0 unspecified atom stereocenters. The van der Waals surface area contributed by atoms with E-state index < -0.39 is 0 Å². The van der Waals surface area contributed by atoms with Crippen molar-refractivity contribution in [1.82, 2.24) is 4.90 Å². The van der Waals surface area contributed by atoms with Crippen molar-refractivity contribution in [3.05, 3.63) is 35.9 Å². The Kier molecular flexibility index (Phi) is 3.16. The molecule has 5 heteroatoms. The summed E-state index contributed by atoms with van der Waals surface area (Å²) in [5.41, 5.74) is 1.25. The van der Waals surface area contributed by atoms with E-state index in [-0.39, 0.29) is 16.6 Å². The minimum atomic E-state index is -0.363. The topological polar surface area (TPSA) is 20.3 Å². The maximum absolute atomic E-state index is 12.5. The Balaban J connectivity index is 2.02.